The molecular formula is C18H15ClO3. The molecule has 22 heavy (non-hydrogen) atoms. The number of aryl methyl sites for hydroxylation is 1. The molecule has 0 amide bonds. The van der Waals surface area contributed by atoms with Crippen molar-refractivity contribution >= 4 is 22.6 Å². The Labute approximate surface area is 133 Å². The largest absolute Gasteiger partial charge is 0.486 e. The molecule has 1 aromatic heterocycles. The molecule has 3 rings (SSSR count). The van der Waals surface area contributed by atoms with Crippen molar-refractivity contribution in [2.45, 2.75) is 20.0 Å². The number of fused-ring (bicyclic) bond motifs is 1. The van der Waals surface area contributed by atoms with Crippen LogP contribution < -0.4 is 10.4 Å². The van der Waals surface area contributed by atoms with Gasteiger partial charge in [0.15, 0.2) is 0 Å². The van der Waals surface area contributed by atoms with Crippen LogP contribution in [0.3, 0.4) is 0 Å². The predicted molar refractivity (Wildman–Crippen MR) is 87.7 cm³/mol. The quantitative estimate of drug-likeness (QED) is 0.646. The fourth-order valence-corrected chi connectivity index (χ4v) is 2.65. The molecule has 0 aliphatic carbocycles. The molecule has 0 radical (unpaired) electrons. The van der Waals surface area contributed by atoms with Crippen LogP contribution >= 0.6 is 11.6 Å². The van der Waals surface area contributed by atoms with Crippen molar-refractivity contribution in [1.82, 2.24) is 0 Å². The summed E-state index contributed by atoms with van der Waals surface area (Å²) in [5.74, 6) is 0.675. The molecule has 2 aromatic carbocycles. The third kappa shape index (κ3) is 2.72. The van der Waals surface area contributed by atoms with Crippen molar-refractivity contribution in [3.63, 3.8) is 0 Å². The maximum Gasteiger partial charge on any atom is 0.337 e. The molecule has 0 aliphatic rings. The van der Waals surface area contributed by atoms with Gasteiger partial charge in [-0.25, -0.2) is 4.79 Å². The van der Waals surface area contributed by atoms with Gasteiger partial charge in [-0.05, 0) is 31.5 Å². The van der Waals surface area contributed by atoms with Crippen LogP contribution in [0.5, 0.6) is 5.75 Å². The first-order valence-corrected chi connectivity index (χ1v) is 7.38. The summed E-state index contributed by atoms with van der Waals surface area (Å²) in [5, 5.41) is 1.09. The molecule has 4 heteroatoms. The SMILES string of the molecule is Cc1c(OC(C)c2ccccc2)ccc2c(Cl)cc(=O)oc12. The average Bonchev–Trinajstić information content (AvgIpc) is 2.51. The summed E-state index contributed by atoms with van der Waals surface area (Å²) in [6.45, 7) is 3.84. The second-order valence-electron chi connectivity index (χ2n) is 5.15. The number of hydrogen-bond acceptors (Lipinski definition) is 3. The van der Waals surface area contributed by atoms with Crippen molar-refractivity contribution < 1.29 is 9.15 Å². The highest BCUT2D eigenvalue weighted by molar-refractivity contribution is 6.35. The number of ether oxygens (including phenoxy) is 1. The smallest absolute Gasteiger partial charge is 0.337 e. The van der Waals surface area contributed by atoms with Gasteiger partial charge in [0.2, 0.25) is 0 Å². The average molecular weight is 315 g/mol. The molecule has 1 heterocycles. The molecule has 0 saturated carbocycles. The van der Waals surface area contributed by atoms with E-state index in [4.69, 9.17) is 20.8 Å². The summed E-state index contributed by atoms with van der Waals surface area (Å²) in [5.41, 5.74) is 1.85. The minimum absolute atomic E-state index is 0.108. The van der Waals surface area contributed by atoms with Crippen LogP contribution in [0.15, 0.2) is 57.7 Å². The molecule has 0 N–H and O–H groups in total. The van der Waals surface area contributed by atoms with Gasteiger partial charge in [-0.3, -0.25) is 0 Å². The Morgan fingerprint density at radius 3 is 2.59 bits per heavy atom. The maximum absolute atomic E-state index is 11.5. The van der Waals surface area contributed by atoms with Crippen LogP contribution in [0.4, 0.5) is 0 Å². The second kappa shape index (κ2) is 5.85. The van der Waals surface area contributed by atoms with Crippen molar-refractivity contribution in [2.24, 2.45) is 0 Å². The molecule has 0 saturated heterocycles. The Hall–Kier alpha value is -2.26. The van der Waals surface area contributed by atoms with Crippen LogP contribution in [0.1, 0.15) is 24.2 Å². The lowest BCUT2D eigenvalue weighted by atomic mass is 10.1. The zero-order chi connectivity index (χ0) is 15.7. The molecule has 0 aliphatic heterocycles. The van der Waals surface area contributed by atoms with E-state index in [9.17, 15) is 4.79 Å². The molecule has 0 spiro atoms. The molecule has 0 bridgehead atoms. The van der Waals surface area contributed by atoms with E-state index in [1.54, 1.807) is 6.07 Å². The van der Waals surface area contributed by atoms with Crippen LogP contribution in [0.25, 0.3) is 11.0 Å². The number of rotatable bonds is 3. The molecule has 3 nitrogen and oxygen atoms in total. The highest BCUT2D eigenvalue weighted by Crippen LogP contribution is 2.32. The first-order valence-electron chi connectivity index (χ1n) is 7.01. The zero-order valence-corrected chi connectivity index (χ0v) is 13.1. The van der Waals surface area contributed by atoms with Gasteiger partial charge in [0.25, 0.3) is 0 Å². The predicted octanol–water partition coefficient (Wildman–Crippen LogP) is 4.89. The minimum atomic E-state index is -0.464. The molecular weight excluding hydrogens is 300 g/mol. The summed E-state index contributed by atoms with van der Waals surface area (Å²) >= 11 is 6.09. The molecule has 112 valence electrons. The van der Waals surface area contributed by atoms with Crippen molar-refractivity contribution in [1.29, 1.82) is 0 Å². The normalized spacial score (nSPS) is 12.3. The van der Waals surface area contributed by atoms with E-state index < -0.39 is 5.63 Å². The third-order valence-electron chi connectivity index (χ3n) is 3.63. The van der Waals surface area contributed by atoms with Crippen LogP contribution in [0.2, 0.25) is 5.02 Å². The van der Waals surface area contributed by atoms with E-state index >= 15 is 0 Å². The van der Waals surface area contributed by atoms with Gasteiger partial charge in [0.05, 0.1) is 5.02 Å². The molecule has 1 atom stereocenters. The van der Waals surface area contributed by atoms with Gasteiger partial charge in [-0.1, -0.05) is 41.9 Å². The fourth-order valence-electron chi connectivity index (χ4n) is 2.41. The van der Waals surface area contributed by atoms with E-state index in [-0.39, 0.29) is 6.10 Å². The Morgan fingerprint density at radius 2 is 1.86 bits per heavy atom. The van der Waals surface area contributed by atoms with Crippen molar-refractivity contribution in [3.05, 3.63) is 75.1 Å². The molecule has 1 unspecified atom stereocenters. The number of hydrogen-bond donors (Lipinski definition) is 0. The summed E-state index contributed by atoms with van der Waals surface area (Å²) in [6, 6.07) is 14.9. The third-order valence-corrected chi connectivity index (χ3v) is 3.95. The first kappa shape index (κ1) is 14.7. The summed E-state index contributed by atoms with van der Waals surface area (Å²) in [7, 11) is 0. The highest BCUT2D eigenvalue weighted by Gasteiger charge is 2.13. The lowest BCUT2D eigenvalue weighted by Gasteiger charge is -2.17. The summed E-state index contributed by atoms with van der Waals surface area (Å²) < 4.78 is 11.3. The Bertz CT molecular complexity index is 869. The van der Waals surface area contributed by atoms with E-state index in [0.29, 0.717) is 21.7 Å². The lowest BCUT2D eigenvalue weighted by Crippen LogP contribution is -2.05. The van der Waals surface area contributed by atoms with E-state index in [1.807, 2.05) is 50.2 Å². The number of benzene rings is 2. The van der Waals surface area contributed by atoms with E-state index in [1.165, 1.54) is 6.07 Å². The molecule has 3 aromatic rings. The van der Waals surface area contributed by atoms with Gasteiger partial charge in [-0.15, -0.1) is 0 Å². The topological polar surface area (TPSA) is 39.4 Å². The second-order valence-corrected chi connectivity index (χ2v) is 5.56. The monoisotopic (exact) mass is 314 g/mol. The highest BCUT2D eigenvalue weighted by atomic mass is 35.5. The Kier molecular flexibility index (Phi) is 3.90. The summed E-state index contributed by atoms with van der Waals surface area (Å²) in [6.07, 6.45) is -0.108. The van der Waals surface area contributed by atoms with Crippen LogP contribution in [-0.4, -0.2) is 0 Å². The number of halogens is 1. The Balaban J connectivity index is 2.02. The van der Waals surface area contributed by atoms with Gasteiger partial charge >= 0.3 is 5.63 Å². The summed E-state index contributed by atoms with van der Waals surface area (Å²) in [4.78, 5) is 11.5. The van der Waals surface area contributed by atoms with Crippen LogP contribution in [-0.2, 0) is 0 Å². The maximum atomic E-state index is 11.5. The zero-order valence-electron chi connectivity index (χ0n) is 12.3. The minimum Gasteiger partial charge on any atom is -0.486 e. The van der Waals surface area contributed by atoms with Crippen LogP contribution in [0, 0.1) is 6.92 Å². The van der Waals surface area contributed by atoms with Crippen molar-refractivity contribution in [3.8, 4) is 5.75 Å². The first-order chi connectivity index (χ1) is 10.6. The van der Waals surface area contributed by atoms with E-state index in [2.05, 4.69) is 0 Å². The van der Waals surface area contributed by atoms with Gasteiger partial charge in [0.1, 0.15) is 17.4 Å². The standard InChI is InChI=1S/C18H15ClO3/c1-11-16(21-12(2)13-6-4-3-5-7-13)9-8-14-15(19)10-17(20)22-18(11)14/h3-10,12H,1-2H3. The Morgan fingerprint density at radius 1 is 1.14 bits per heavy atom. The molecule has 0 fully saturated rings. The van der Waals surface area contributed by atoms with Gasteiger partial charge in [-0.2, -0.15) is 0 Å². The van der Waals surface area contributed by atoms with Gasteiger partial charge < -0.3 is 9.15 Å². The lowest BCUT2D eigenvalue weighted by molar-refractivity contribution is 0.225. The van der Waals surface area contributed by atoms with Crippen molar-refractivity contribution in [2.75, 3.05) is 0 Å². The van der Waals surface area contributed by atoms with E-state index in [0.717, 1.165) is 11.1 Å². The van der Waals surface area contributed by atoms with Gasteiger partial charge in [0, 0.05) is 17.0 Å². The fraction of sp³-hybridized carbons (Fsp3) is 0.167.